The summed E-state index contributed by atoms with van der Waals surface area (Å²) in [4.78, 5) is 3.33. The zero-order valence-electron chi connectivity index (χ0n) is 8.54. The van der Waals surface area contributed by atoms with Crippen LogP contribution >= 0.6 is 0 Å². The van der Waals surface area contributed by atoms with E-state index in [2.05, 4.69) is 4.84 Å². The zero-order chi connectivity index (χ0) is 12.3. The molecule has 0 radical (unpaired) electrons. The van der Waals surface area contributed by atoms with Crippen molar-refractivity contribution in [3.05, 3.63) is 29.3 Å². The molecule has 7 heteroatoms. The topological polar surface area (TPSA) is 69.4 Å². The highest BCUT2D eigenvalue weighted by atomic mass is 32.2. The van der Waals surface area contributed by atoms with Crippen molar-refractivity contribution in [3.63, 3.8) is 0 Å². The number of benzene rings is 1. The molecule has 1 aromatic carbocycles. The largest absolute Gasteiger partial charge is 0.304 e. The molecular formula is C9H11F2NO3S. The highest BCUT2D eigenvalue weighted by molar-refractivity contribution is 7.90. The average Bonchev–Trinajstić information content (AvgIpc) is 2.14. The first-order valence-corrected chi connectivity index (χ1v) is 6.25. The van der Waals surface area contributed by atoms with Crippen LogP contribution in [0.2, 0.25) is 0 Å². The van der Waals surface area contributed by atoms with Crippen molar-refractivity contribution in [1.29, 1.82) is 0 Å². The highest BCUT2D eigenvalue weighted by Gasteiger charge is 2.21. The number of hydrogen-bond donors (Lipinski definition) is 1. The van der Waals surface area contributed by atoms with Crippen LogP contribution in [-0.2, 0) is 21.1 Å². The van der Waals surface area contributed by atoms with Crippen LogP contribution in [0.25, 0.3) is 0 Å². The van der Waals surface area contributed by atoms with Crippen molar-refractivity contribution >= 4 is 9.84 Å². The smallest absolute Gasteiger partial charge is 0.181 e. The third kappa shape index (κ3) is 2.75. The Hall–Kier alpha value is -1.05. The van der Waals surface area contributed by atoms with E-state index in [4.69, 9.17) is 5.90 Å². The van der Waals surface area contributed by atoms with Gasteiger partial charge in [0.2, 0.25) is 0 Å². The summed E-state index contributed by atoms with van der Waals surface area (Å²) in [6.45, 7) is 0.0196. The van der Waals surface area contributed by atoms with Crippen LogP contribution in [0.4, 0.5) is 8.78 Å². The minimum Gasteiger partial charge on any atom is -0.304 e. The summed E-state index contributed by atoms with van der Waals surface area (Å²) < 4.78 is 49.1. The van der Waals surface area contributed by atoms with Crippen LogP contribution in [0.5, 0.6) is 0 Å². The first-order valence-electron chi connectivity index (χ1n) is 4.36. The maximum absolute atomic E-state index is 13.6. The second-order valence-electron chi connectivity index (χ2n) is 3.24. The normalized spacial score (nSPS) is 11.8. The number of sulfone groups is 1. The number of nitrogens with two attached hydrogens (primary N) is 1. The molecule has 4 nitrogen and oxygen atoms in total. The van der Waals surface area contributed by atoms with Crippen LogP contribution in [0, 0.1) is 11.6 Å². The maximum Gasteiger partial charge on any atom is 0.181 e. The lowest BCUT2D eigenvalue weighted by molar-refractivity contribution is 0.140. The van der Waals surface area contributed by atoms with Gasteiger partial charge in [-0.15, -0.1) is 0 Å². The number of halogens is 2. The molecule has 90 valence electrons. The minimum atomic E-state index is -3.93. The number of hydrogen-bond acceptors (Lipinski definition) is 4. The lowest BCUT2D eigenvalue weighted by atomic mass is 10.1. The van der Waals surface area contributed by atoms with Gasteiger partial charge in [-0.25, -0.2) is 23.1 Å². The quantitative estimate of drug-likeness (QED) is 0.804. The molecule has 0 heterocycles. The lowest BCUT2D eigenvalue weighted by Gasteiger charge is -2.07. The molecule has 0 fully saturated rings. The van der Waals surface area contributed by atoms with Gasteiger partial charge in [-0.3, -0.25) is 0 Å². The Labute approximate surface area is 91.9 Å². The van der Waals surface area contributed by atoms with E-state index in [1.165, 1.54) is 6.07 Å². The Morgan fingerprint density at radius 2 is 2.00 bits per heavy atom. The zero-order valence-corrected chi connectivity index (χ0v) is 9.35. The monoisotopic (exact) mass is 251 g/mol. The van der Waals surface area contributed by atoms with Crippen molar-refractivity contribution in [3.8, 4) is 0 Å². The second-order valence-corrected chi connectivity index (χ2v) is 5.20. The van der Waals surface area contributed by atoms with E-state index in [9.17, 15) is 17.2 Å². The first kappa shape index (κ1) is 13.0. The van der Waals surface area contributed by atoms with Crippen LogP contribution < -0.4 is 5.90 Å². The maximum atomic E-state index is 13.6. The molecule has 0 atom stereocenters. The van der Waals surface area contributed by atoms with Gasteiger partial charge in [0.05, 0.1) is 6.61 Å². The SMILES string of the molecule is CS(=O)(=O)c1c(F)ccc(CCON)c1F. The molecule has 0 spiro atoms. The van der Waals surface area contributed by atoms with E-state index in [-0.39, 0.29) is 18.6 Å². The fourth-order valence-corrected chi connectivity index (χ4v) is 2.15. The van der Waals surface area contributed by atoms with Crippen LogP contribution in [-0.4, -0.2) is 21.3 Å². The predicted molar refractivity (Wildman–Crippen MR) is 53.3 cm³/mol. The third-order valence-corrected chi connectivity index (χ3v) is 3.10. The molecule has 0 saturated carbocycles. The molecule has 0 aliphatic carbocycles. The van der Waals surface area contributed by atoms with Crippen LogP contribution in [0.15, 0.2) is 17.0 Å². The van der Waals surface area contributed by atoms with E-state index >= 15 is 0 Å². The van der Waals surface area contributed by atoms with E-state index in [0.29, 0.717) is 0 Å². The molecule has 2 N–H and O–H groups in total. The molecule has 0 saturated heterocycles. The molecule has 0 unspecified atom stereocenters. The second kappa shape index (κ2) is 4.86. The Bertz CT molecular complexity index is 488. The summed E-state index contributed by atoms with van der Waals surface area (Å²) in [6.07, 6.45) is 0.822. The van der Waals surface area contributed by atoms with E-state index in [1.54, 1.807) is 0 Å². The van der Waals surface area contributed by atoms with Gasteiger partial charge >= 0.3 is 0 Å². The van der Waals surface area contributed by atoms with E-state index in [0.717, 1.165) is 12.3 Å². The van der Waals surface area contributed by atoms with Crippen molar-refractivity contribution in [2.45, 2.75) is 11.3 Å². The molecule has 0 aliphatic rings. The van der Waals surface area contributed by atoms with Gasteiger partial charge in [0.1, 0.15) is 16.5 Å². The molecule has 16 heavy (non-hydrogen) atoms. The first-order chi connectivity index (χ1) is 7.38. The molecular weight excluding hydrogens is 240 g/mol. The van der Waals surface area contributed by atoms with E-state index in [1.807, 2.05) is 0 Å². The Morgan fingerprint density at radius 1 is 1.38 bits per heavy atom. The molecule has 0 aromatic heterocycles. The summed E-state index contributed by atoms with van der Waals surface area (Å²) in [5.41, 5.74) is 0.0484. The fourth-order valence-electron chi connectivity index (χ4n) is 1.28. The van der Waals surface area contributed by atoms with Gasteiger partial charge in [0.25, 0.3) is 0 Å². The standard InChI is InChI=1S/C9H11F2NO3S/c1-16(13,14)9-7(10)3-2-6(8(9)11)4-5-15-12/h2-3H,4-5,12H2,1H3. The van der Waals surface area contributed by atoms with Crippen LogP contribution in [0.3, 0.4) is 0 Å². The van der Waals surface area contributed by atoms with Gasteiger partial charge in [-0.2, -0.15) is 0 Å². The Balaban J connectivity index is 3.28. The summed E-state index contributed by atoms with van der Waals surface area (Å²) in [7, 11) is -3.93. The molecule has 1 rings (SSSR count). The predicted octanol–water partition coefficient (Wildman–Crippen LogP) is 0.801. The van der Waals surface area contributed by atoms with Crippen LogP contribution in [0.1, 0.15) is 5.56 Å². The van der Waals surface area contributed by atoms with Crippen molar-refractivity contribution < 1.29 is 22.0 Å². The van der Waals surface area contributed by atoms with Gasteiger partial charge < -0.3 is 4.84 Å². The molecule has 0 amide bonds. The van der Waals surface area contributed by atoms with Gasteiger partial charge in [-0.05, 0) is 11.6 Å². The summed E-state index contributed by atoms with van der Waals surface area (Å²) in [6, 6.07) is 2.07. The van der Waals surface area contributed by atoms with Crippen molar-refractivity contribution in [1.82, 2.24) is 0 Å². The Morgan fingerprint density at radius 3 is 2.50 bits per heavy atom. The van der Waals surface area contributed by atoms with Gasteiger partial charge in [-0.1, -0.05) is 6.07 Å². The summed E-state index contributed by atoms with van der Waals surface area (Å²) in [5.74, 6) is 2.58. The number of rotatable bonds is 4. The fraction of sp³-hybridized carbons (Fsp3) is 0.333. The molecule has 1 aromatic rings. The Kier molecular flexibility index (Phi) is 3.95. The summed E-state index contributed by atoms with van der Waals surface area (Å²) in [5, 5.41) is 0. The van der Waals surface area contributed by atoms with Gasteiger partial charge in [0.15, 0.2) is 9.84 Å². The molecule has 0 bridgehead atoms. The third-order valence-electron chi connectivity index (χ3n) is 1.99. The summed E-state index contributed by atoms with van der Waals surface area (Å²) >= 11 is 0. The minimum absolute atomic E-state index is 0.0196. The van der Waals surface area contributed by atoms with Gasteiger partial charge in [0, 0.05) is 12.7 Å². The average molecular weight is 251 g/mol. The van der Waals surface area contributed by atoms with Crippen molar-refractivity contribution in [2.75, 3.05) is 12.9 Å². The lowest BCUT2D eigenvalue weighted by Crippen LogP contribution is -2.10. The molecule has 0 aliphatic heterocycles. The van der Waals surface area contributed by atoms with Crippen molar-refractivity contribution in [2.24, 2.45) is 5.90 Å². The van der Waals surface area contributed by atoms with E-state index < -0.39 is 26.4 Å². The highest BCUT2D eigenvalue weighted by Crippen LogP contribution is 2.22.